The molecule has 0 unspecified atom stereocenters. The molecule has 0 aliphatic carbocycles. The van der Waals surface area contributed by atoms with E-state index in [9.17, 15) is 19.2 Å². The van der Waals surface area contributed by atoms with E-state index >= 15 is 0 Å². The van der Waals surface area contributed by atoms with Crippen molar-refractivity contribution < 1.29 is 140 Å². The van der Waals surface area contributed by atoms with Gasteiger partial charge in [0.15, 0.2) is 0 Å². The van der Waals surface area contributed by atoms with Gasteiger partial charge in [-0.05, 0) is 25.8 Å². The van der Waals surface area contributed by atoms with Gasteiger partial charge in [0.05, 0.1) is 18.9 Å². The minimum absolute atomic E-state index is 0. The molecule has 0 atom stereocenters. The number of Topliss-reactive ketones (excluding diaryl/α,β-unsaturated/α-hetero) is 2. The van der Waals surface area contributed by atoms with Crippen LogP contribution in [0.1, 0.15) is 37.8 Å². The van der Waals surface area contributed by atoms with Crippen LogP contribution in [0.4, 0.5) is 0 Å². The Bertz CT molecular complexity index is 636. The van der Waals surface area contributed by atoms with E-state index in [1.54, 1.807) is 24.3 Å². The molecule has 9 heteroatoms. The van der Waals surface area contributed by atoms with E-state index in [4.69, 9.17) is 4.74 Å². The molecule has 0 aliphatic rings. The first-order valence-corrected chi connectivity index (χ1v) is 8.42. The second kappa shape index (κ2) is 18.8. The molecule has 0 heterocycles. The Labute approximate surface area is 264 Å². The van der Waals surface area contributed by atoms with E-state index in [0.29, 0.717) is 19.6 Å². The fraction of sp³-hybridized carbons (Fsp3) is 0.474. The van der Waals surface area contributed by atoms with Crippen LogP contribution >= 0.6 is 0 Å². The molecular weight excluding hydrogens is 507 g/mol. The van der Waals surface area contributed by atoms with Crippen molar-refractivity contribution >= 4 is 23.4 Å². The minimum atomic E-state index is -0.353. The molecule has 0 radical (unpaired) electrons. The molecule has 0 fully saturated rings. The van der Waals surface area contributed by atoms with Crippen molar-refractivity contribution in [2.75, 3.05) is 19.8 Å². The Morgan fingerprint density at radius 3 is 2.11 bits per heavy atom. The topological polar surface area (TPSA) is 106 Å². The van der Waals surface area contributed by atoms with Gasteiger partial charge in [-0.3, -0.25) is 9.59 Å². The fourth-order valence-corrected chi connectivity index (χ4v) is 2.12. The molecule has 7 nitrogen and oxygen atoms in total. The first kappa shape index (κ1) is 31.3. The second-order valence-corrected chi connectivity index (χ2v) is 5.93. The number of hydrogen-bond acceptors (Lipinski definition) is 5. The molecule has 142 valence electrons. The molecule has 0 bridgehead atoms. The van der Waals surface area contributed by atoms with Gasteiger partial charge < -0.3 is 25.0 Å². The van der Waals surface area contributed by atoms with E-state index in [1.807, 2.05) is 0 Å². The molecule has 0 saturated heterocycles. The number of benzene rings is 1. The van der Waals surface area contributed by atoms with Crippen molar-refractivity contribution in [2.45, 2.75) is 39.7 Å². The Morgan fingerprint density at radius 1 is 0.929 bits per heavy atom. The van der Waals surface area contributed by atoms with Crippen LogP contribution in [0, 0.1) is 0 Å². The number of nitrogens with zero attached hydrogens (tertiary/aromatic N) is 2. The summed E-state index contributed by atoms with van der Waals surface area (Å²) in [5, 5.41) is 7.61. The number of hydrogen-bond donors (Lipinski definition) is 0. The molecule has 0 aromatic heterocycles. The van der Waals surface area contributed by atoms with E-state index in [2.05, 4.69) is 10.6 Å². The number of rotatable bonds is 12. The number of ketones is 2. The van der Waals surface area contributed by atoms with Gasteiger partial charge in [-0.1, -0.05) is 29.8 Å². The van der Waals surface area contributed by atoms with Crippen LogP contribution in [0.3, 0.4) is 0 Å². The molecular formula is C19H24N2O5Rb2. The summed E-state index contributed by atoms with van der Waals surface area (Å²) < 4.78 is 5.18. The predicted octanol–water partition coefficient (Wildman–Crippen LogP) is -3.49. The molecule has 0 spiro atoms. The van der Waals surface area contributed by atoms with Crippen LogP contribution in [0.15, 0.2) is 24.3 Å². The molecule has 0 N–H and O–H groups in total. The zero-order chi connectivity index (χ0) is 19.4. The van der Waals surface area contributed by atoms with E-state index < -0.39 is 0 Å². The van der Waals surface area contributed by atoms with Gasteiger partial charge in [-0.25, -0.2) is 0 Å². The van der Waals surface area contributed by atoms with Gasteiger partial charge in [-0.15, -0.1) is 13.1 Å². The van der Waals surface area contributed by atoms with E-state index in [-0.39, 0.29) is 166 Å². The monoisotopic (exact) mass is 530 g/mol. The van der Waals surface area contributed by atoms with Crippen molar-refractivity contribution in [1.29, 1.82) is 0 Å². The molecule has 0 aliphatic heterocycles. The third-order valence-corrected chi connectivity index (χ3v) is 3.32. The average Bonchev–Trinajstić information content (AvgIpc) is 2.56. The Hall–Kier alpha value is 1.07. The van der Waals surface area contributed by atoms with Crippen LogP contribution < -0.4 is 116 Å². The second-order valence-electron chi connectivity index (χ2n) is 5.93. The van der Waals surface area contributed by atoms with Gasteiger partial charge >= 0.3 is 116 Å². The summed E-state index contributed by atoms with van der Waals surface area (Å²) in [6.07, 6.45) is 0.755. The maximum atomic E-state index is 11.6. The number of amides is 2. The predicted molar refractivity (Wildman–Crippen MR) is 96.9 cm³/mol. The van der Waals surface area contributed by atoms with Gasteiger partial charge in [0.1, 0.15) is 11.6 Å². The SMILES string of the molecule is CC(=O)CC(=O)Cc1ccc(C[N-]C(=O)COCCC[N-]C(C)=O)cc1.[Rb+].[Rb+]. The maximum Gasteiger partial charge on any atom is 1.00 e. The van der Waals surface area contributed by atoms with Crippen molar-refractivity contribution in [3.05, 3.63) is 46.0 Å². The zero-order valence-electron chi connectivity index (χ0n) is 17.2. The summed E-state index contributed by atoms with van der Waals surface area (Å²) in [4.78, 5) is 44.7. The zero-order valence-corrected chi connectivity index (χ0v) is 27.0. The third-order valence-electron chi connectivity index (χ3n) is 3.32. The summed E-state index contributed by atoms with van der Waals surface area (Å²) in [5.41, 5.74) is 1.67. The molecule has 1 aromatic rings. The van der Waals surface area contributed by atoms with Crippen LogP contribution in [0.2, 0.25) is 0 Å². The van der Waals surface area contributed by atoms with E-state index in [0.717, 1.165) is 11.1 Å². The Morgan fingerprint density at radius 2 is 1.54 bits per heavy atom. The van der Waals surface area contributed by atoms with Crippen molar-refractivity contribution in [2.24, 2.45) is 0 Å². The standard InChI is InChI=1S/C19H26N2O5.2Rb/c1-14(22)10-18(24)11-16-4-6-17(7-5-16)12-21-19(25)13-26-9-3-8-20-15(2)23;;/h4-7H,3,8-13H2,1-2H3,(H2,20,21,23,25);;/q;2*+1/p-2. The number of carbonyl (C=O) groups excluding carboxylic acids is 4. The molecule has 1 rings (SSSR count). The number of carbonyl (C=O) groups is 4. The summed E-state index contributed by atoms with van der Waals surface area (Å²) >= 11 is 0. The fourth-order valence-electron chi connectivity index (χ4n) is 2.12. The van der Waals surface area contributed by atoms with Gasteiger partial charge in [0, 0.05) is 18.9 Å². The molecule has 28 heavy (non-hydrogen) atoms. The summed E-state index contributed by atoms with van der Waals surface area (Å²) in [6.45, 7) is 3.66. The normalized spacial score (nSPS) is 9.50. The van der Waals surface area contributed by atoms with Crippen molar-refractivity contribution in [3.8, 4) is 0 Å². The first-order valence-electron chi connectivity index (χ1n) is 8.42. The summed E-state index contributed by atoms with van der Waals surface area (Å²) in [6, 6.07) is 7.19. The van der Waals surface area contributed by atoms with Gasteiger partial charge in [0.25, 0.3) is 0 Å². The average molecular weight is 531 g/mol. The molecule has 0 saturated carbocycles. The molecule has 1 aromatic carbocycles. The third kappa shape index (κ3) is 16.8. The van der Waals surface area contributed by atoms with Crippen LogP contribution in [0.5, 0.6) is 0 Å². The quantitative estimate of drug-likeness (QED) is 0.206. The molecule has 2 amide bonds. The van der Waals surface area contributed by atoms with Crippen molar-refractivity contribution in [1.82, 2.24) is 0 Å². The van der Waals surface area contributed by atoms with Crippen LogP contribution in [0.25, 0.3) is 10.6 Å². The summed E-state index contributed by atoms with van der Waals surface area (Å²) in [5.74, 6) is -0.822. The largest absolute Gasteiger partial charge is 1.00 e. The number of ether oxygens (including phenoxy) is 1. The first-order chi connectivity index (χ1) is 12.4. The maximum absolute atomic E-state index is 11.6. The Kier molecular flexibility index (Phi) is 21.0. The van der Waals surface area contributed by atoms with Crippen molar-refractivity contribution in [3.63, 3.8) is 0 Å². The van der Waals surface area contributed by atoms with E-state index in [1.165, 1.54) is 13.8 Å². The van der Waals surface area contributed by atoms with Gasteiger partial charge in [0.2, 0.25) is 0 Å². The minimum Gasteiger partial charge on any atom is -0.654 e. The van der Waals surface area contributed by atoms with Gasteiger partial charge in [-0.2, -0.15) is 0 Å². The van der Waals surface area contributed by atoms with Crippen LogP contribution in [-0.4, -0.2) is 43.1 Å². The van der Waals surface area contributed by atoms with Crippen LogP contribution in [-0.2, 0) is 36.9 Å². The smallest absolute Gasteiger partial charge is 0.654 e. The Balaban J connectivity index is 0. The summed E-state index contributed by atoms with van der Waals surface area (Å²) in [7, 11) is 0.